The summed E-state index contributed by atoms with van der Waals surface area (Å²) in [6.07, 6.45) is 3.08. The van der Waals surface area contributed by atoms with Gasteiger partial charge in [0.05, 0.1) is 0 Å². The van der Waals surface area contributed by atoms with Crippen LogP contribution in [0.1, 0.15) is 19.8 Å². The van der Waals surface area contributed by atoms with E-state index in [4.69, 9.17) is 14.2 Å². The van der Waals surface area contributed by atoms with Crippen LogP contribution in [0.5, 0.6) is 34.5 Å². The molecule has 0 radical (unpaired) electrons. The van der Waals surface area contributed by atoms with Crippen LogP contribution in [-0.2, 0) is 0 Å². The molecule has 0 spiro atoms. The Balaban J connectivity index is 1.44. The van der Waals surface area contributed by atoms with Crippen molar-refractivity contribution in [2.24, 2.45) is 0 Å². The zero-order chi connectivity index (χ0) is 31.0. The van der Waals surface area contributed by atoms with Crippen LogP contribution in [0.25, 0.3) is 0 Å². The van der Waals surface area contributed by atoms with Gasteiger partial charge in [0, 0.05) is 0 Å². The summed E-state index contributed by atoms with van der Waals surface area (Å²) in [4.78, 5) is 0. The summed E-state index contributed by atoms with van der Waals surface area (Å²) in [5.74, 6) is 4.85. The Bertz CT molecular complexity index is 1590. The van der Waals surface area contributed by atoms with Crippen molar-refractivity contribution in [3.8, 4) is 34.5 Å². The van der Waals surface area contributed by atoms with E-state index in [1.807, 2.05) is 91.0 Å². The molecular formula is C40H36BrO3P. The minimum absolute atomic E-state index is 0.802. The maximum atomic E-state index is 6.18. The Morgan fingerprint density at radius 3 is 0.933 bits per heavy atom. The summed E-state index contributed by atoms with van der Waals surface area (Å²) >= 11 is 4.60. The minimum atomic E-state index is -3.17. The number of unbranched alkanes of at least 4 members (excludes halogenated alkanes) is 1. The first-order valence-corrected chi connectivity index (χ1v) is 19.7. The predicted octanol–water partition coefficient (Wildman–Crippen LogP) is 11.0. The van der Waals surface area contributed by atoms with E-state index in [0.29, 0.717) is 0 Å². The van der Waals surface area contributed by atoms with E-state index in [0.717, 1.165) is 53.5 Å². The number of hydrogen-bond acceptors (Lipinski definition) is 3. The van der Waals surface area contributed by atoms with Gasteiger partial charge in [0.15, 0.2) is 0 Å². The number of para-hydroxylation sites is 3. The van der Waals surface area contributed by atoms with E-state index in [1.165, 1.54) is 15.9 Å². The molecule has 0 aliphatic carbocycles. The molecule has 0 unspecified atom stereocenters. The van der Waals surface area contributed by atoms with Gasteiger partial charge in [-0.3, -0.25) is 0 Å². The third-order valence-electron chi connectivity index (χ3n) is 7.99. The second kappa shape index (κ2) is 13.7. The maximum absolute atomic E-state index is 6.18. The summed E-state index contributed by atoms with van der Waals surface area (Å²) in [5, 5.41) is 0.549. The molecule has 0 fully saturated rings. The molecule has 0 saturated heterocycles. The second-order valence-electron chi connectivity index (χ2n) is 11.0. The fraction of sp³-hybridized carbons (Fsp3) is 0.100. The van der Waals surface area contributed by atoms with Crippen molar-refractivity contribution in [2.75, 3.05) is 6.16 Å². The first kappa shape index (κ1) is 30.6. The second-order valence-corrected chi connectivity index (χ2v) is 20.0. The Hall–Kier alpha value is -4.37. The van der Waals surface area contributed by atoms with Crippen LogP contribution < -0.4 is 30.1 Å². The van der Waals surface area contributed by atoms with Gasteiger partial charge in [0.1, 0.15) is 0 Å². The van der Waals surface area contributed by atoms with Crippen molar-refractivity contribution in [3.63, 3.8) is 0 Å². The average Bonchev–Trinajstić information content (AvgIpc) is 3.10. The van der Waals surface area contributed by atoms with Crippen molar-refractivity contribution in [2.45, 2.75) is 19.8 Å². The van der Waals surface area contributed by atoms with E-state index >= 15 is 0 Å². The van der Waals surface area contributed by atoms with Crippen LogP contribution in [0, 0.1) is 0 Å². The number of rotatable bonds is 12. The Morgan fingerprint density at radius 2 is 0.667 bits per heavy atom. The van der Waals surface area contributed by atoms with E-state index in [2.05, 4.69) is 95.2 Å². The molecule has 0 aromatic heterocycles. The fourth-order valence-corrected chi connectivity index (χ4v) is 13.4. The molecule has 0 atom stereocenters. The average molecular weight is 676 g/mol. The van der Waals surface area contributed by atoms with E-state index in [1.54, 1.807) is 0 Å². The Morgan fingerprint density at radius 1 is 0.400 bits per heavy atom. The van der Waals surface area contributed by atoms with Crippen LogP contribution in [0.3, 0.4) is 0 Å². The van der Waals surface area contributed by atoms with E-state index < -0.39 is 5.31 Å². The van der Waals surface area contributed by atoms with Gasteiger partial charge in [-0.2, -0.15) is 0 Å². The quantitative estimate of drug-likeness (QED) is 0.121. The molecule has 226 valence electrons. The fourth-order valence-electron chi connectivity index (χ4n) is 5.64. The van der Waals surface area contributed by atoms with Gasteiger partial charge in [-0.15, -0.1) is 0 Å². The summed E-state index contributed by atoms with van der Waals surface area (Å²) < 4.78 is 18.5. The van der Waals surface area contributed by atoms with Crippen molar-refractivity contribution in [1.29, 1.82) is 0 Å². The molecule has 6 rings (SSSR count). The van der Waals surface area contributed by atoms with Gasteiger partial charge in [-0.1, -0.05) is 0 Å². The molecule has 45 heavy (non-hydrogen) atoms. The van der Waals surface area contributed by atoms with Crippen LogP contribution >= 0.6 is 20.8 Å². The van der Waals surface area contributed by atoms with Gasteiger partial charge in [0.25, 0.3) is 0 Å². The first-order chi connectivity index (χ1) is 22.0. The molecule has 0 bridgehead atoms. The molecule has 0 aliphatic rings. The topological polar surface area (TPSA) is 27.7 Å². The number of benzene rings is 6. The van der Waals surface area contributed by atoms with Crippen LogP contribution in [0.2, 0.25) is 0 Å². The molecule has 0 heterocycles. The van der Waals surface area contributed by atoms with Gasteiger partial charge in [-0.25, -0.2) is 0 Å². The van der Waals surface area contributed by atoms with Gasteiger partial charge < -0.3 is 0 Å². The molecule has 5 heteroatoms. The van der Waals surface area contributed by atoms with Crippen LogP contribution in [-0.4, -0.2) is 6.16 Å². The molecule has 0 N–H and O–H groups in total. The van der Waals surface area contributed by atoms with Crippen LogP contribution in [0.15, 0.2) is 164 Å². The first-order valence-electron chi connectivity index (χ1n) is 15.3. The van der Waals surface area contributed by atoms with Crippen molar-refractivity contribution < 1.29 is 14.2 Å². The molecule has 3 nitrogen and oxygen atoms in total. The molecule has 0 saturated carbocycles. The monoisotopic (exact) mass is 674 g/mol. The summed E-state index contributed by atoms with van der Waals surface area (Å²) in [6.45, 7) is 2.25. The summed E-state index contributed by atoms with van der Waals surface area (Å²) in [6, 6.07) is 55.5. The molecule has 0 amide bonds. The van der Waals surface area contributed by atoms with Crippen molar-refractivity contribution in [3.05, 3.63) is 164 Å². The normalized spacial score (nSPS) is 12.1. The molecular weight excluding hydrogens is 639 g/mol. The molecule has 6 aromatic rings. The number of hydrogen-bond donors (Lipinski definition) is 0. The van der Waals surface area contributed by atoms with Gasteiger partial charge >= 0.3 is 275 Å². The summed E-state index contributed by atoms with van der Waals surface area (Å²) in [7, 11) is 0. The SMILES string of the molecule is CCCCP(Br)(c1ccc(Oc2ccccc2)cc1)(c1ccc(Oc2ccccc2)cc1)c1ccc(Oc2ccccc2)cc1. The van der Waals surface area contributed by atoms with Crippen molar-refractivity contribution >= 4 is 36.7 Å². The van der Waals surface area contributed by atoms with Gasteiger partial charge in [0.2, 0.25) is 0 Å². The van der Waals surface area contributed by atoms with Gasteiger partial charge in [-0.05, 0) is 0 Å². The Labute approximate surface area is 274 Å². The molecule has 6 aromatic carbocycles. The number of ether oxygens (including phenoxy) is 3. The van der Waals surface area contributed by atoms with E-state index in [-0.39, 0.29) is 0 Å². The zero-order valence-electron chi connectivity index (χ0n) is 25.3. The van der Waals surface area contributed by atoms with Crippen molar-refractivity contribution in [1.82, 2.24) is 0 Å². The third-order valence-corrected chi connectivity index (χ3v) is 18.0. The molecule has 0 aliphatic heterocycles. The summed E-state index contributed by atoms with van der Waals surface area (Å²) in [5.41, 5.74) is 0. The zero-order valence-corrected chi connectivity index (χ0v) is 27.7. The number of halogens is 1. The standard InChI is InChI=1S/C40H36BrO3P/c1-2-3-31-45(41,38-25-19-35(20-26-38)42-32-13-7-4-8-14-32,39-27-21-36(22-28-39)43-33-15-9-5-10-16-33)40-29-23-37(24-30-40)44-34-17-11-6-12-18-34/h4-30H,2-3,31H2,1H3. The Kier molecular flexibility index (Phi) is 9.35. The van der Waals surface area contributed by atoms with E-state index in [9.17, 15) is 0 Å². The third kappa shape index (κ3) is 6.68. The predicted molar refractivity (Wildman–Crippen MR) is 193 cm³/mol. The van der Waals surface area contributed by atoms with Crippen LogP contribution in [0.4, 0.5) is 0 Å².